The van der Waals surface area contributed by atoms with Crippen molar-refractivity contribution in [3.05, 3.63) is 17.0 Å². The van der Waals surface area contributed by atoms with Gasteiger partial charge in [0.05, 0.1) is 12.2 Å². The molecule has 1 aliphatic heterocycles. The number of nitrogens with zero attached hydrogens (tertiary/aromatic N) is 3. The molecular weight excluding hydrogens is 260 g/mol. The van der Waals surface area contributed by atoms with Gasteiger partial charge in [-0.05, 0) is 20.8 Å². The summed E-state index contributed by atoms with van der Waals surface area (Å²) in [4.78, 5) is 25.1. The first-order chi connectivity index (χ1) is 9.19. The van der Waals surface area contributed by atoms with E-state index in [2.05, 4.69) is 10.4 Å². The van der Waals surface area contributed by atoms with E-state index in [4.69, 9.17) is 0 Å². The summed E-state index contributed by atoms with van der Waals surface area (Å²) in [6.45, 7) is 6.56. The number of rotatable bonds is 1. The highest BCUT2D eigenvalue weighted by atomic mass is 16.4. The molecule has 0 saturated heterocycles. The average Bonchev–Trinajstić information content (AvgIpc) is 2.61. The van der Waals surface area contributed by atoms with Gasteiger partial charge in [-0.1, -0.05) is 0 Å². The fourth-order valence-corrected chi connectivity index (χ4v) is 2.34. The van der Waals surface area contributed by atoms with Crippen molar-refractivity contribution < 1.29 is 14.7 Å². The van der Waals surface area contributed by atoms with Gasteiger partial charge in [-0.2, -0.15) is 5.10 Å². The molecule has 0 radical (unpaired) electrons. The Labute approximate surface area is 117 Å². The van der Waals surface area contributed by atoms with Crippen molar-refractivity contribution in [3.8, 4) is 0 Å². The summed E-state index contributed by atoms with van der Waals surface area (Å²) in [5.41, 5.74) is 1.25. The van der Waals surface area contributed by atoms with Gasteiger partial charge in [0.1, 0.15) is 0 Å². The van der Waals surface area contributed by atoms with Gasteiger partial charge in [-0.15, -0.1) is 0 Å². The number of hydrogen-bond donors (Lipinski definition) is 2. The van der Waals surface area contributed by atoms with Gasteiger partial charge in [-0.25, -0.2) is 9.59 Å². The molecular formula is C13H20N4O3. The highest BCUT2D eigenvalue weighted by Crippen LogP contribution is 2.22. The zero-order valence-corrected chi connectivity index (χ0v) is 12.2. The van der Waals surface area contributed by atoms with E-state index in [0.717, 1.165) is 5.69 Å². The minimum atomic E-state index is -1.01. The molecule has 0 aliphatic carbocycles. The molecule has 0 spiro atoms. The van der Waals surface area contributed by atoms with Crippen molar-refractivity contribution in [2.45, 2.75) is 39.3 Å². The van der Waals surface area contributed by atoms with Crippen molar-refractivity contribution >= 4 is 12.0 Å². The molecule has 1 aromatic rings. The van der Waals surface area contributed by atoms with Crippen molar-refractivity contribution in [3.63, 3.8) is 0 Å². The first-order valence-electron chi connectivity index (χ1n) is 6.54. The van der Waals surface area contributed by atoms with Crippen LogP contribution in [-0.4, -0.2) is 43.9 Å². The Morgan fingerprint density at radius 2 is 2.00 bits per heavy atom. The largest absolute Gasteiger partial charge is 0.477 e. The highest BCUT2D eigenvalue weighted by Gasteiger charge is 2.30. The number of amides is 2. The van der Waals surface area contributed by atoms with Crippen LogP contribution < -0.4 is 5.32 Å². The average molecular weight is 280 g/mol. The molecule has 2 amide bonds. The van der Waals surface area contributed by atoms with E-state index in [9.17, 15) is 14.7 Å². The van der Waals surface area contributed by atoms with Crippen LogP contribution in [0.2, 0.25) is 0 Å². The van der Waals surface area contributed by atoms with Gasteiger partial charge in [0.25, 0.3) is 0 Å². The van der Waals surface area contributed by atoms with Gasteiger partial charge >= 0.3 is 12.0 Å². The van der Waals surface area contributed by atoms with Crippen LogP contribution in [0.3, 0.4) is 0 Å². The van der Waals surface area contributed by atoms with Crippen LogP contribution in [0.1, 0.15) is 42.5 Å². The summed E-state index contributed by atoms with van der Waals surface area (Å²) >= 11 is 0. The molecule has 0 aromatic carbocycles. The van der Waals surface area contributed by atoms with Gasteiger partial charge in [0.2, 0.25) is 0 Å². The predicted molar refractivity (Wildman–Crippen MR) is 72.6 cm³/mol. The smallest absolute Gasteiger partial charge is 0.354 e. The lowest BCUT2D eigenvalue weighted by atomic mass is 10.1. The van der Waals surface area contributed by atoms with E-state index < -0.39 is 5.97 Å². The van der Waals surface area contributed by atoms with E-state index in [0.29, 0.717) is 18.5 Å². The molecule has 1 aromatic heterocycles. The topological polar surface area (TPSA) is 87.5 Å². The first kappa shape index (κ1) is 14.4. The number of hydrogen-bond acceptors (Lipinski definition) is 3. The zero-order valence-electron chi connectivity index (χ0n) is 12.2. The maximum atomic E-state index is 12.2. The fourth-order valence-electron chi connectivity index (χ4n) is 2.34. The lowest BCUT2D eigenvalue weighted by molar-refractivity contribution is 0.0682. The molecule has 2 rings (SSSR count). The number of carbonyl (C=O) groups excluding carboxylic acids is 1. The van der Waals surface area contributed by atoms with Crippen LogP contribution in [0.5, 0.6) is 0 Å². The highest BCUT2D eigenvalue weighted by molar-refractivity contribution is 5.88. The number of nitrogens with one attached hydrogen (secondary N) is 1. The summed E-state index contributed by atoms with van der Waals surface area (Å²) in [6.07, 6.45) is 0.577. The summed E-state index contributed by atoms with van der Waals surface area (Å²) in [7, 11) is 1.61. The van der Waals surface area contributed by atoms with E-state index in [1.807, 2.05) is 20.8 Å². The molecule has 2 N–H and O–H groups in total. The second-order valence-electron chi connectivity index (χ2n) is 6.05. The van der Waals surface area contributed by atoms with Crippen molar-refractivity contribution in [2.24, 2.45) is 7.05 Å². The van der Waals surface area contributed by atoms with Gasteiger partial charge < -0.3 is 15.3 Å². The Kier molecular flexibility index (Phi) is 3.45. The summed E-state index contributed by atoms with van der Waals surface area (Å²) in [5.74, 6) is -1.01. The summed E-state index contributed by atoms with van der Waals surface area (Å²) in [6, 6.07) is -0.177. The third-order valence-electron chi connectivity index (χ3n) is 3.17. The Morgan fingerprint density at radius 3 is 2.55 bits per heavy atom. The standard InChI is InChI=1S/C13H20N4O3/c1-13(2,3)14-12(20)17-6-5-9-8(7-17)10(11(18)19)16(4)15-9/h5-7H2,1-4H3,(H,14,20)(H,18,19). The molecule has 0 bridgehead atoms. The molecule has 0 saturated carbocycles. The number of fused-ring (bicyclic) bond motifs is 1. The van der Waals surface area contributed by atoms with Gasteiger partial charge in [0.15, 0.2) is 5.69 Å². The van der Waals surface area contributed by atoms with Crippen LogP contribution in [-0.2, 0) is 20.0 Å². The van der Waals surface area contributed by atoms with Crippen molar-refractivity contribution in [1.29, 1.82) is 0 Å². The molecule has 7 nitrogen and oxygen atoms in total. The number of carboxylic acids is 1. The third kappa shape index (κ3) is 2.76. The molecule has 2 heterocycles. The summed E-state index contributed by atoms with van der Waals surface area (Å²) < 4.78 is 1.37. The van der Waals surface area contributed by atoms with E-state index in [1.165, 1.54) is 4.68 Å². The Bertz CT molecular complexity index is 557. The third-order valence-corrected chi connectivity index (χ3v) is 3.17. The lowest BCUT2D eigenvalue weighted by Gasteiger charge is -2.30. The number of aryl methyl sites for hydroxylation is 1. The van der Waals surface area contributed by atoms with E-state index in [-0.39, 0.29) is 23.8 Å². The monoisotopic (exact) mass is 280 g/mol. The first-order valence-corrected chi connectivity index (χ1v) is 6.54. The number of carbonyl (C=O) groups is 2. The Morgan fingerprint density at radius 1 is 1.35 bits per heavy atom. The maximum Gasteiger partial charge on any atom is 0.354 e. The summed E-state index contributed by atoms with van der Waals surface area (Å²) in [5, 5.41) is 16.3. The minimum absolute atomic E-state index is 0.160. The van der Waals surface area contributed by atoms with Crippen molar-refractivity contribution in [1.82, 2.24) is 20.0 Å². The Balaban J connectivity index is 2.22. The number of aromatic carboxylic acids is 1. The van der Waals surface area contributed by atoms with Gasteiger partial charge in [-0.3, -0.25) is 4.68 Å². The predicted octanol–water partition coefficient (Wildman–Crippen LogP) is 0.984. The normalized spacial score (nSPS) is 14.9. The number of carboxylic acid groups (broad SMARTS) is 1. The lowest BCUT2D eigenvalue weighted by Crippen LogP contribution is -2.49. The van der Waals surface area contributed by atoms with Gasteiger partial charge in [0, 0.05) is 31.1 Å². The molecule has 0 unspecified atom stereocenters. The second kappa shape index (κ2) is 4.81. The minimum Gasteiger partial charge on any atom is -0.477 e. The Hall–Kier alpha value is -2.05. The fraction of sp³-hybridized carbons (Fsp3) is 0.615. The quantitative estimate of drug-likeness (QED) is 0.803. The van der Waals surface area contributed by atoms with E-state index in [1.54, 1.807) is 11.9 Å². The van der Waals surface area contributed by atoms with Crippen molar-refractivity contribution in [2.75, 3.05) is 6.54 Å². The number of urea groups is 1. The van der Waals surface area contributed by atoms with Crippen LogP contribution in [0.4, 0.5) is 4.79 Å². The van der Waals surface area contributed by atoms with Crippen LogP contribution in [0, 0.1) is 0 Å². The van der Waals surface area contributed by atoms with Crippen LogP contribution >= 0.6 is 0 Å². The molecule has 20 heavy (non-hydrogen) atoms. The molecule has 1 aliphatic rings. The van der Waals surface area contributed by atoms with Crippen LogP contribution in [0.25, 0.3) is 0 Å². The zero-order chi connectivity index (χ0) is 15.1. The van der Waals surface area contributed by atoms with Crippen LogP contribution in [0.15, 0.2) is 0 Å². The SMILES string of the molecule is Cn1nc2c(c1C(=O)O)CN(C(=O)NC(C)(C)C)CC2. The second-order valence-corrected chi connectivity index (χ2v) is 6.05. The molecule has 0 fully saturated rings. The van der Waals surface area contributed by atoms with E-state index >= 15 is 0 Å². The number of aromatic nitrogens is 2. The molecule has 7 heteroatoms. The molecule has 110 valence electrons. The maximum absolute atomic E-state index is 12.2. The molecule has 0 atom stereocenters.